The molecule has 0 aliphatic rings. The lowest BCUT2D eigenvalue weighted by Gasteiger charge is -2.09. The molecule has 0 saturated heterocycles. The fourth-order valence-corrected chi connectivity index (χ4v) is 2.15. The van der Waals surface area contributed by atoms with Gasteiger partial charge in [-0.1, -0.05) is 18.2 Å². The second kappa shape index (κ2) is 5.79. The molecular weight excluding hydrogens is 303 g/mol. The standard InChI is InChI=1S/C17H12F3N3/c1-11-8-9-21-16(22-11)15-7-3-6-14(23-15)12-4-2-5-13(10-12)17(18,19)20/h2-10H,1H3. The van der Waals surface area contributed by atoms with Crippen molar-refractivity contribution < 1.29 is 13.2 Å². The van der Waals surface area contributed by atoms with Crippen LogP contribution in [0.5, 0.6) is 0 Å². The van der Waals surface area contributed by atoms with Gasteiger partial charge in [-0.3, -0.25) is 0 Å². The number of benzene rings is 1. The van der Waals surface area contributed by atoms with Gasteiger partial charge < -0.3 is 0 Å². The number of pyridine rings is 1. The summed E-state index contributed by atoms with van der Waals surface area (Å²) in [6, 6.07) is 12.0. The Morgan fingerprint density at radius 1 is 0.870 bits per heavy atom. The van der Waals surface area contributed by atoms with Crippen molar-refractivity contribution in [3.05, 3.63) is 66.0 Å². The van der Waals surface area contributed by atoms with E-state index in [0.29, 0.717) is 22.8 Å². The van der Waals surface area contributed by atoms with Crippen LogP contribution in [0.4, 0.5) is 13.2 Å². The molecule has 0 fully saturated rings. The molecule has 6 heteroatoms. The van der Waals surface area contributed by atoms with Crippen LogP contribution in [0.15, 0.2) is 54.7 Å². The second-order valence-corrected chi connectivity index (χ2v) is 5.01. The topological polar surface area (TPSA) is 38.7 Å². The largest absolute Gasteiger partial charge is 0.416 e. The van der Waals surface area contributed by atoms with E-state index >= 15 is 0 Å². The summed E-state index contributed by atoms with van der Waals surface area (Å²) in [5.74, 6) is 0.443. The van der Waals surface area contributed by atoms with Crippen LogP contribution in [0.25, 0.3) is 22.8 Å². The lowest BCUT2D eigenvalue weighted by Crippen LogP contribution is -2.04. The lowest BCUT2D eigenvalue weighted by atomic mass is 10.1. The Kier molecular flexibility index (Phi) is 3.82. The number of alkyl halides is 3. The Balaban J connectivity index is 2.04. The van der Waals surface area contributed by atoms with Crippen molar-refractivity contribution in [2.24, 2.45) is 0 Å². The van der Waals surface area contributed by atoms with Gasteiger partial charge in [-0.15, -0.1) is 0 Å². The average Bonchev–Trinajstić information content (AvgIpc) is 2.54. The van der Waals surface area contributed by atoms with Gasteiger partial charge >= 0.3 is 6.18 Å². The zero-order valence-electron chi connectivity index (χ0n) is 12.2. The van der Waals surface area contributed by atoms with Crippen molar-refractivity contribution in [1.82, 2.24) is 15.0 Å². The molecule has 0 radical (unpaired) electrons. The van der Waals surface area contributed by atoms with Crippen molar-refractivity contribution in [3.63, 3.8) is 0 Å². The van der Waals surface area contributed by atoms with Crippen LogP contribution in [0.2, 0.25) is 0 Å². The molecule has 23 heavy (non-hydrogen) atoms. The smallest absolute Gasteiger partial charge is 0.244 e. The van der Waals surface area contributed by atoms with E-state index in [2.05, 4.69) is 15.0 Å². The zero-order chi connectivity index (χ0) is 16.4. The molecule has 3 rings (SSSR count). The minimum atomic E-state index is -4.38. The molecule has 0 atom stereocenters. The Hall–Kier alpha value is -2.76. The van der Waals surface area contributed by atoms with Gasteiger partial charge in [0.2, 0.25) is 0 Å². The molecular formula is C17H12F3N3. The van der Waals surface area contributed by atoms with E-state index in [-0.39, 0.29) is 0 Å². The fraction of sp³-hybridized carbons (Fsp3) is 0.118. The van der Waals surface area contributed by atoms with Crippen molar-refractivity contribution in [3.8, 4) is 22.8 Å². The third-order valence-corrected chi connectivity index (χ3v) is 3.26. The number of halogens is 3. The molecule has 0 saturated carbocycles. The third-order valence-electron chi connectivity index (χ3n) is 3.26. The average molecular weight is 315 g/mol. The maximum Gasteiger partial charge on any atom is 0.416 e. The van der Waals surface area contributed by atoms with E-state index in [0.717, 1.165) is 17.8 Å². The molecule has 0 amide bonds. The van der Waals surface area contributed by atoms with Gasteiger partial charge in [-0.25, -0.2) is 15.0 Å². The molecule has 116 valence electrons. The van der Waals surface area contributed by atoms with Gasteiger partial charge in [0.15, 0.2) is 5.82 Å². The van der Waals surface area contributed by atoms with Crippen LogP contribution in [0.3, 0.4) is 0 Å². The van der Waals surface area contributed by atoms with Gasteiger partial charge in [0.05, 0.1) is 11.3 Å². The van der Waals surface area contributed by atoms with E-state index in [1.165, 1.54) is 6.07 Å². The Morgan fingerprint density at radius 2 is 1.61 bits per heavy atom. The maximum atomic E-state index is 12.8. The molecule has 3 nitrogen and oxygen atoms in total. The lowest BCUT2D eigenvalue weighted by molar-refractivity contribution is -0.137. The fourth-order valence-electron chi connectivity index (χ4n) is 2.15. The monoisotopic (exact) mass is 315 g/mol. The van der Waals surface area contributed by atoms with Crippen LogP contribution in [-0.4, -0.2) is 15.0 Å². The minimum absolute atomic E-state index is 0.398. The summed E-state index contributed by atoms with van der Waals surface area (Å²) >= 11 is 0. The highest BCUT2D eigenvalue weighted by atomic mass is 19.4. The first-order valence-electron chi connectivity index (χ1n) is 6.88. The predicted molar refractivity (Wildman–Crippen MR) is 80.4 cm³/mol. The van der Waals surface area contributed by atoms with Gasteiger partial charge in [-0.2, -0.15) is 13.2 Å². The van der Waals surface area contributed by atoms with Crippen LogP contribution < -0.4 is 0 Å². The highest BCUT2D eigenvalue weighted by molar-refractivity contribution is 5.63. The van der Waals surface area contributed by atoms with Gasteiger partial charge in [0, 0.05) is 17.5 Å². The molecule has 2 aromatic heterocycles. The predicted octanol–water partition coefficient (Wildman–Crippen LogP) is 4.53. The number of aromatic nitrogens is 3. The number of rotatable bonds is 2. The summed E-state index contributed by atoms with van der Waals surface area (Å²) in [5.41, 5.74) is 1.45. The molecule has 0 aliphatic heterocycles. The first kappa shape index (κ1) is 15.1. The molecule has 3 aromatic rings. The highest BCUT2D eigenvalue weighted by Crippen LogP contribution is 2.32. The van der Waals surface area contributed by atoms with E-state index in [4.69, 9.17) is 0 Å². The molecule has 2 heterocycles. The molecule has 1 aromatic carbocycles. The maximum absolute atomic E-state index is 12.8. The summed E-state index contributed by atoms with van der Waals surface area (Å²) in [6.07, 6.45) is -2.76. The van der Waals surface area contributed by atoms with Crippen molar-refractivity contribution >= 4 is 0 Å². The molecule has 0 bridgehead atoms. The van der Waals surface area contributed by atoms with Crippen LogP contribution in [0.1, 0.15) is 11.3 Å². The van der Waals surface area contributed by atoms with Crippen molar-refractivity contribution in [2.45, 2.75) is 13.1 Å². The van der Waals surface area contributed by atoms with Crippen LogP contribution in [-0.2, 0) is 6.18 Å². The number of hydrogen-bond acceptors (Lipinski definition) is 3. The first-order chi connectivity index (χ1) is 10.9. The van der Waals surface area contributed by atoms with Gasteiger partial charge in [-0.05, 0) is 37.3 Å². The highest BCUT2D eigenvalue weighted by Gasteiger charge is 2.30. The van der Waals surface area contributed by atoms with Crippen molar-refractivity contribution in [1.29, 1.82) is 0 Å². The van der Waals surface area contributed by atoms with E-state index in [9.17, 15) is 13.2 Å². The number of nitrogens with zero attached hydrogens (tertiary/aromatic N) is 3. The summed E-state index contributed by atoms with van der Waals surface area (Å²) in [4.78, 5) is 12.8. The first-order valence-corrected chi connectivity index (χ1v) is 6.88. The quantitative estimate of drug-likeness (QED) is 0.697. The Morgan fingerprint density at radius 3 is 2.35 bits per heavy atom. The SMILES string of the molecule is Cc1ccnc(-c2cccc(-c3cccc(C(F)(F)F)c3)n2)n1. The van der Waals surface area contributed by atoms with Crippen LogP contribution >= 0.6 is 0 Å². The normalized spacial score (nSPS) is 11.5. The summed E-state index contributed by atoms with van der Waals surface area (Å²) in [6.45, 7) is 1.84. The summed E-state index contributed by atoms with van der Waals surface area (Å²) in [5, 5.41) is 0. The molecule has 0 N–H and O–H groups in total. The molecule has 0 unspecified atom stereocenters. The van der Waals surface area contributed by atoms with Gasteiger partial charge in [0.1, 0.15) is 5.69 Å². The van der Waals surface area contributed by atoms with Crippen LogP contribution in [0, 0.1) is 6.92 Å². The number of hydrogen-bond donors (Lipinski definition) is 0. The van der Waals surface area contributed by atoms with E-state index in [1.807, 2.05) is 6.92 Å². The Bertz CT molecular complexity index is 844. The van der Waals surface area contributed by atoms with E-state index in [1.54, 1.807) is 36.5 Å². The van der Waals surface area contributed by atoms with E-state index < -0.39 is 11.7 Å². The summed E-state index contributed by atoms with van der Waals surface area (Å²) in [7, 11) is 0. The van der Waals surface area contributed by atoms with Crippen molar-refractivity contribution in [2.75, 3.05) is 0 Å². The molecule has 0 spiro atoms. The third kappa shape index (κ3) is 3.36. The second-order valence-electron chi connectivity index (χ2n) is 5.01. The minimum Gasteiger partial charge on any atom is -0.244 e. The van der Waals surface area contributed by atoms with Gasteiger partial charge in [0.25, 0.3) is 0 Å². The molecule has 0 aliphatic carbocycles. The Labute approximate surface area is 130 Å². The number of aryl methyl sites for hydroxylation is 1. The summed E-state index contributed by atoms with van der Waals surface area (Å²) < 4.78 is 38.5. The zero-order valence-corrected chi connectivity index (χ0v) is 12.2.